The number of alkyl halides is 3. The van der Waals surface area contributed by atoms with Crippen molar-refractivity contribution >= 4 is 16.5 Å². The maximum atomic E-state index is 12.6. The van der Waals surface area contributed by atoms with Gasteiger partial charge in [-0.3, -0.25) is 0 Å². The summed E-state index contributed by atoms with van der Waals surface area (Å²) in [5, 5.41) is 1.75. The number of nitrogen functional groups attached to an aromatic ring is 1. The van der Waals surface area contributed by atoms with Crippen LogP contribution >= 0.6 is 0 Å². The molecule has 5 heteroatoms. The zero-order valence-electron chi connectivity index (χ0n) is 11.4. The predicted molar refractivity (Wildman–Crippen MR) is 79.9 cm³/mol. The van der Waals surface area contributed by atoms with Crippen LogP contribution in [0.5, 0.6) is 11.5 Å². The Morgan fingerprint density at radius 1 is 0.818 bits per heavy atom. The lowest BCUT2D eigenvalue weighted by Gasteiger charge is -2.12. The van der Waals surface area contributed by atoms with Crippen molar-refractivity contribution in [3.8, 4) is 11.5 Å². The van der Waals surface area contributed by atoms with Crippen molar-refractivity contribution in [2.24, 2.45) is 0 Å². The molecule has 0 radical (unpaired) electrons. The summed E-state index contributed by atoms with van der Waals surface area (Å²) in [6, 6.07) is 15.6. The van der Waals surface area contributed by atoms with Crippen molar-refractivity contribution in [3.63, 3.8) is 0 Å². The number of nitrogens with two attached hydrogens (primary N) is 1. The van der Waals surface area contributed by atoms with Crippen LogP contribution in [0.2, 0.25) is 0 Å². The number of benzene rings is 3. The molecule has 0 saturated heterocycles. The Kier molecular flexibility index (Phi) is 3.41. The lowest BCUT2D eigenvalue weighted by atomic mass is 10.1. The van der Waals surface area contributed by atoms with Gasteiger partial charge in [0.05, 0.1) is 11.3 Å². The van der Waals surface area contributed by atoms with Gasteiger partial charge in [0.2, 0.25) is 0 Å². The topological polar surface area (TPSA) is 35.2 Å². The summed E-state index contributed by atoms with van der Waals surface area (Å²) in [7, 11) is 0. The minimum atomic E-state index is -4.36. The van der Waals surface area contributed by atoms with Gasteiger partial charge in [0.15, 0.2) is 5.75 Å². The van der Waals surface area contributed by atoms with Gasteiger partial charge in [-0.15, -0.1) is 0 Å². The first-order valence-corrected chi connectivity index (χ1v) is 6.57. The monoisotopic (exact) mass is 303 g/mol. The van der Waals surface area contributed by atoms with Gasteiger partial charge in [-0.2, -0.15) is 13.2 Å². The Bertz CT molecular complexity index is 810. The predicted octanol–water partition coefficient (Wildman–Crippen LogP) is 5.23. The van der Waals surface area contributed by atoms with Gasteiger partial charge in [0.1, 0.15) is 5.75 Å². The molecule has 0 saturated carbocycles. The number of anilines is 1. The molecule has 0 spiro atoms. The van der Waals surface area contributed by atoms with Crippen molar-refractivity contribution in [2.75, 3.05) is 5.73 Å². The highest BCUT2D eigenvalue weighted by molar-refractivity contribution is 5.93. The molecule has 2 N–H and O–H groups in total. The second kappa shape index (κ2) is 5.26. The summed E-state index contributed by atoms with van der Waals surface area (Å²) in [6.07, 6.45) is -4.36. The van der Waals surface area contributed by atoms with Gasteiger partial charge in [-0.25, -0.2) is 0 Å². The molecule has 3 aromatic rings. The van der Waals surface area contributed by atoms with E-state index in [1.165, 1.54) is 12.1 Å². The van der Waals surface area contributed by atoms with Crippen LogP contribution in [0.4, 0.5) is 18.9 Å². The first-order chi connectivity index (χ1) is 10.4. The molecule has 0 aliphatic carbocycles. The summed E-state index contributed by atoms with van der Waals surface area (Å²) in [5.74, 6) is 0.744. The zero-order valence-corrected chi connectivity index (χ0v) is 11.4. The van der Waals surface area contributed by atoms with E-state index in [0.29, 0.717) is 17.2 Å². The fourth-order valence-corrected chi connectivity index (χ4v) is 2.20. The molecule has 112 valence electrons. The summed E-state index contributed by atoms with van der Waals surface area (Å²) in [6.45, 7) is 0. The van der Waals surface area contributed by atoms with E-state index in [1.54, 1.807) is 6.07 Å². The van der Waals surface area contributed by atoms with Gasteiger partial charge in [0, 0.05) is 5.39 Å². The second-order valence-electron chi connectivity index (χ2n) is 4.83. The van der Waals surface area contributed by atoms with Crippen LogP contribution in [0.3, 0.4) is 0 Å². The third kappa shape index (κ3) is 2.70. The third-order valence-electron chi connectivity index (χ3n) is 3.31. The Labute approximate surface area is 124 Å². The molecule has 0 aliphatic rings. The minimum Gasteiger partial charge on any atom is -0.455 e. The maximum absolute atomic E-state index is 12.6. The number of rotatable bonds is 2. The third-order valence-corrected chi connectivity index (χ3v) is 3.31. The maximum Gasteiger partial charge on any atom is 0.416 e. The molecule has 0 bridgehead atoms. The highest BCUT2D eigenvalue weighted by Crippen LogP contribution is 2.36. The Morgan fingerprint density at radius 3 is 2.18 bits per heavy atom. The smallest absolute Gasteiger partial charge is 0.416 e. The van der Waals surface area contributed by atoms with Crippen molar-refractivity contribution in [1.82, 2.24) is 0 Å². The standard InChI is InChI=1S/C17H12F3NO/c18-17(19,20)12-6-8-13(9-7-12)22-16-14-4-2-1-3-11(14)5-10-15(16)21/h1-10H,21H2. The van der Waals surface area contributed by atoms with Crippen molar-refractivity contribution < 1.29 is 17.9 Å². The lowest BCUT2D eigenvalue weighted by molar-refractivity contribution is -0.137. The molecule has 0 fully saturated rings. The molecular formula is C17H12F3NO. The summed E-state index contributed by atoms with van der Waals surface area (Å²) in [4.78, 5) is 0. The average Bonchev–Trinajstić information content (AvgIpc) is 2.50. The fraction of sp³-hybridized carbons (Fsp3) is 0.0588. The molecule has 3 aromatic carbocycles. The molecule has 0 atom stereocenters. The molecule has 0 unspecified atom stereocenters. The van der Waals surface area contributed by atoms with Crippen LogP contribution in [0, 0.1) is 0 Å². The highest BCUT2D eigenvalue weighted by Gasteiger charge is 2.30. The van der Waals surface area contributed by atoms with E-state index < -0.39 is 11.7 Å². The lowest BCUT2D eigenvalue weighted by Crippen LogP contribution is -2.04. The van der Waals surface area contributed by atoms with Crippen LogP contribution in [-0.4, -0.2) is 0 Å². The van der Waals surface area contributed by atoms with E-state index in [-0.39, 0.29) is 0 Å². The SMILES string of the molecule is Nc1ccc2ccccc2c1Oc1ccc(C(F)(F)F)cc1. The molecule has 22 heavy (non-hydrogen) atoms. The number of fused-ring (bicyclic) bond motifs is 1. The molecular weight excluding hydrogens is 291 g/mol. The van der Waals surface area contributed by atoms with Gasteiger partial charge in [-0.05, 0) is 35.7 Å². The van der Waals surface area contributed by atoms with Gasteiger partial charge < -0.3 is 10.5 Å². The molecule has 0 amide bonds. The van der Waals surface area contributed by atoms with Gasteiger partial charge in [-0.1, -0.05) is 30.3 Å². The van der Waals surface area contributed by atoms with E-state index in [0.717, 1.165) is 22.9 Å². The molecule has 0 aromatic heterocycles. The minimum absolute atomic E-state index is 0.302. The van der Waals surface area contributed by atoms with Crippen molar-refractivity contribution in [1.29, 1.82) is 0 Å². The fourth-order valence-electron chi connectivity index (χ4n) is 2.20. The van der Waals surface area contributed by atoms with E-state index in [9.17, 15) is 13.2 Å². The van der Waals surface area contributed by atoms with Gasteiger partial charge >= 0.3 is 6.18 Å². The Hall–Kier alpha value is -2.69. The number of ether oxygens (including phenoxy) is 1. The quantitative estimate of drug-likeness (QED) is 0.658. The average molecular weight is 303 g/mol. The van der Waals surface area contributed by atoms with Crippen LogP contribution < -0.4 is 10.5 Å². The van der Waals surface area contributed by atoms with Crippen LogP contribution in [0.15, 0.2) is 60.7 Å². The van der Waals surface area contributed by atoms with Gasteiger partial charge in [0.25, 0.3) is 0 Å². The van der Waals surface area contributed by atoms with Crippen LogP contribution in [0.1, 0.15) is 5.56 Å². The summed E-state index contributed by atoms with van der Waals surface area (Å²) in [5.41, 5.74) is 5.64. The van der Waals surface area contributed by atoms with E-state index in [1.807, 2.05) is 30.3 Å². The van der Waals surface area contributed by atoms with Crippen molar-refractivity contribution in [3.05, 3.63) is 66.2 Å². The van der Waals surface area contributed by atoms with E-state index >= 15 is 0 Å². The zero-order chi connectivity index (χ0) is 15.7. The largest absolute Gasteiger partial charge is 0.455 e. The summed E-state index contributed by atoms with van der Waals surface area (Å²) < 4.78 is 43.4. The van der Waals surface area contributed by atoms with E-state index in [2.05, 4.69) is 0 Å². The van der Waals surface area contributed by atoms with Crippen LogP contribution in [0.25, 0.3) is 10.8 Å². The highest BCUT2D eigenvalue weighted by atomic mass is 19.4. The molecule has 0 heterocycles. The first kappa shape index (κ1) is 14.3. The van der Waals surface area contributed by atoms with Crippen molar-refractivity contribution in [2.45, 2.75) is 6.18 Å². The number of hydrogen-bond donors (Lipinski definition) is 1. The van der Waals surface area contributed by atoms with Crippen LogP contribution in [-0.2, 0) is 6.18 Å². The summed E-state index contributed by atoms with van der Waals surface area (Å²) >= 11 is 0. The first-order valence-electron chi connectivity index (χ1n) is 6.57. The number of hydrogen-bond acceptors (Lipinski definition) is 2. The molecule has 0 aliphatic heterocycles. The molecule has 2 nitrogen and oxygen atoms in total. The molecule has 3 rings (SSSR count). The normalized spacial score (nSPS) is 11.6. The second-order valence-corrected chi connectivity index (χ2v) is 4.83. The van der Waals surface area contributed by atoms with E-state index in [4.69, 9.17) is 10.5 Å². The number of halogens is 3. The Morgan fingerprint density at radius 2 is 1.50 bits per heavy atom. The Balaban J connectivity index is 1.98.